The van der Waals surface area contributed by atoms with E-state index in [4.69, 9.17) is 9.84 Å². The largest absolute Gasteiger partial charge is 0.478 e. The molecule has 2 N–H and O–H groups in total. The molecule has 1 aromatic carbocycles. The van der Waals surface area contributed by atoms with Gasteiger partial charge in [0.05, 0.1) is 19.3 Å². The van der Waals surface area contributed by atoms with Crippen LogP contribution in [0.1, 0.15) is 31.2 Å². The van der Waals surface area contributed by atoms with Crippen LogP contribution in [0, 0.1) is 11.8 Å². The van der Waals surface area contributed by atoms with Gasteiger partial charge in [-0.1, -0.05) is 67.6 Å². The van der Waals surface area contributed by atoms with Crippen molar-refractivity contribution in [2.24, 2.45) is 11.8 Å². The summed E-state index contributed by atoms with van der Waals surface area (Å²) in [7, 11) is 0. The molecule has 0 radical (unpaired) electrons. The van der Waals surface area contributed by atoms with Crippen molar-refractivity contribution in [1.29, 1.82) is 0 Å². The van der Waals surface area contributed by atoms with Gasteiger partial charge < -0.3 is 14.9 Å². The maximum atomic E-state index is 10.4. The molecule has 2 unspecified atom stereocenters. The summed E-state index contributed by atoms with van der Waals surface area (Å²) >= 11 is 0. The number of aliphatic hydroxyl groups excluding tert-OH is 1. The highest BCUT2D eigenvalue weighted by molar-refractivity contribution is 5.79. The van der Waals surface area contributed by atoms with E-state index < -0.39 is 12.1 Å². The predicted molar refractivity (Wildman–Crippen MR) is 103 cm³/mol. The van der Waals surface area contributed by atoms with Gasteiger partial charge in [0.2, 0.25) is 0 Å². The minimum absolute atomic E-state index is 0.0501. The fourth-order valence-corrected chi connectivity index (χ4v) is 3.06. The first-order chi connectivity index (χ1) is 12.6. The molecule has 2 rings (SSSR count). The van der Waals surface area contributed by atoms with Gasteiger partial charge in [0, 0.05) is 17.9 Å². The molecule has 4 atom stereocenters. The van der Waals surface area contributed by atoms with Gasteiger partial charge in [0.25, 0.3) is 0 Å². The zero-order valence-electron chi connectivity index (χ0n) is 15.2. The van der Waals surface area contributed by atoms with Gasteiger partial charge in [-0.2, -0.15) is 0 Å². The minimum Gasteiger partial charge on any atom is -0.478 e. The summed E-state index contributed by atoms with van der Waals surface area (Å²) in [6, 6.07) is 10.0. The number of aliphatic hydroxyl groups is 1. The third-order valence-electron chi connectivity index (χ3n) is 4.78. The van der Waals surface area contributed by atoms with E-state index in [0.717, 1.165) is 18.1 Å². The maximum Gasteiger partial charge on any atom is 0.327 e. The number of hydrogen-bond acceptors (Lipinski definition) is 3. The molecular weight excluding hydrogens is 328 g/mol. The van der Waals surface area contributed by atoms with Gasteiger partial charge >= 0.3 is 5.97 Å². The Hall–Kier alpha value is -2.17. The van der Waals surface area contributed by atoms with Crippen LogP contribution in [0.2, 0.25) is 0 Å². The van der Waals surface area contributed by atoms with Crippen LogP contribution >= 0.6 is 0 Å². The summed E-state index contributed by atoms with van der Waals surface area (Å²) in [5, 5.41) is 19.0. The van der Waals surface area contributed by atoms with Crippen LogP contribution in [0.4, 0.5) is 0 Å². The molecule has 1 aliphatic heterocycles. The summed E-state index contributed by atoms with van der Waals surface area (Å²) in [4.78, 5) is 10.4. The quantitative estimate of drug-likeness (QED) is 0.519. The van der Waals surface area contributed by atoms with Gasteiger partial charge in [-0.3, -0.25) is 0 Å². The second-order valence-corrected chi connectivity index (χ2v) is 6.72. The van der Waals surface area contributed by atoms with Crippen molar-refractivity contribution in [3.8, 4) is 0 Å². The first kappa shape index (κ1) is 20.1. The Labute approximate surface area is 155 Å². The summed E-state index contributed by atoms with van der Waals surface area (Å²) in [5.41, 5.74) is 1.13. The number of carbonyl (C=O) groups is 1. The molecule has 0 spiro atoms. The van der Waals surface area contributed by atoms with Crippen molar-refractivity contribution in [2.45, 2.75) is 31.8 Å². The van der Waals surface area contributed by atoms with Gasteiger partial charge in [0.15, 0.2) is 0 Å². The Morgan fingerprint density at radius 2 is 2.00 bits per heavy atom. The Morgan fingerprint density at radius 1 is 1.23 bits per heavy atom. The number of aliphatic carboxylic acids is 1. The average Bonchev–Trinajstić information content (AvgIpc) is 3.09. The van der Waals surface area contributed by atoms with Crippen LogP contribution in [0.3, 0.4) is 0 Å². The first-order valence-electron chi connectivity index (χ1n) is 9.11. The summed E-state index contributed by atoms with van der Waals surface area (Å²) in [6.45, 7) is 3.43. The normalized spacial score (nSPS) is 23.2. The number of rotatable bonds is 9. The van der Waals surface area contributed by atoms with Crippen molar-refractivity contribution in [3.05, 3.63) is 72.4 Å². The van der Waals surface area contributed by atoms with Gasteiger partial charge in [0.1, 0.15) is 0 Å². The number of ether oxygens (including phenoxy) is 1. The molecule has 140 valence electrons. The highest BCUT2D eigenvalue weighted by atomic mass is 16.5. The first-order valence-corrected chi connectivity index (χ1v) is 9.11. The Kier molecular flexibility index (Phi) is 8.32. The average molecular weight is 356 g/mol. The fraction of sp³-hybridized carbons (Fsp3) is 0.409. The summed E-state index contributed by atoms with van der Waals surface area (Å²) in [5.74, 6) is -0.178. The van der Waals surface area contributed by atoms with Crippen LogP contribution in [0.15, 0.2) is 66.8 Å². The predicted octanol–water partition coefficient (Wildman–Crippen LogP) is 3.95. The molecule has 0 amide bonds. The van der Waals surface area contributed by atoms with E-state index in [1.54, 1.807) is 6.08 Å². The Morgan fingerprint density at radius 3 is 2.73 bits per heavy atom. The molecule has 0 aliphatic carbocycles. The molecule has 4 nitrogen and oxygen atoms in total. The van der Waals surface area contributed by atoms with Crippen LogP contribution in [-0.2, 0) is 9.53 Å². The zero-order valence-corrected chi connectivity index (χ0v) is 15.2. The highest BCUT2D eigenvalue weighted by Crippen LogP contribution is 2.27. The Balaban J connectivity index is 1.82. The summed E-state index contributed by atoms with van der Waals surface area (Å²) < 4.78 is 5.60. The Bertz CT molecular complexity index is 633. The van der Waals surface area contributed by atoms with Crippen molar-refractivity contribution < 1.29 is 19.7 Å². The number of carboxylic acids is 1. The number of benzene rings is 1. The lowest BCUT2D eigenvalue weighted by molar-refractivity contribution is -0.131. The molecule has 1 aromatic rings. The van der Waals surface area contributed by atoms with Gasteiger partial charge in [-0.25, -0.2) is 4.79 Å². The zero-order chi connectivity index (χ0) is 18.8. The molecule has 1 heterocycles. The molecule has 1 fully saturated rings. The van der Waals surface area contributed by atoms with E-state index in [1.807, 2.05) is 49.4 Å². The molecule has 0 aromatic heterocycles. The third-order valence-corrected chi connectivity index (χ3v) is 4.78. The molecule has 26 heavy (non-hydrogen) atoms. The highest BCUT2D eigenvalue weighted by Gasteiger charge is 2.25. The van der Waals surface area contributed by atoms with Crippen LogP contribution in [0.5, 0.6) is 0 Å². The van der Waals surface area contributed by atoms with E-state index in [-0.39, 0.29) is 5.92 Å². The molecule has 1 aliphatic rings. The van der Waals surface area contributed by atoms with Crippen molar-refractivity contribution in [3.63, 3.8) is 0 Å². The van der Waals surface area contributed by atoms with E-state index in [2.05, 4.69) is 12.2 Å². The fourth-order valence-electron chi connectivity index (χ4n) is 3.06. The van der Waals surface area contributed by atoms with Gasteiger partial charge in [-0.15, -0.1) is 0 Å². The second kappa shape index (κ2) is 10.7. The molecule has 1 saturated heterocycles. The van der Waals surface area contributed by atoms with Crippen molar-refractivity contribution in [1.82, 2.24) is 0 Å². The van der Waals surface area contributed by atoms with Crippen LogP contribution in [-0.4, -0.2) is 35.5 Å². The maximum absolute atomic E-state index is 10.4. The molecule has 0 bridgehead atoms. The minimum atomic E-state index is -0.920. The van der Waals surface area contributed by atoms with Crippen LogP contribution in [0.25, 0.3) is 0 Å². The second-order valence-electron chi connectivity index (χ2n) is 6.72. The number of carboxylic acid groups (broad SMARTS) is 1. The lowest BCUT2D eigenvalue weighted by Gasteiger charge is -2.17. The SMILES string of the molecule is CC(c1ccccc1)C(O)/C=C/[C@H]1COC[C@H]1CC=CC/C=C\C(=O)O. The molecular formula is C22H28O4. The van der Waals surface area contributed by atoms with Gasteiger partial charge in [-0.05, 0) is 24.3 Å². The third kappa shape index (κ3) is 6.62. The van der Waals surface area contributed by atoms with Crippen molar-refractivity contribution >= 4 is 5.97 Å². The van der Waals surface area contributed by atoms with Crippen LogP contribution < -0.4 is 0 Å². The van der Waals surface area contributed by atoms with Crippen molar-refractivity contribution in [2.75, 3.05) is 13.2 Å². The summed E-state index contributed by atoms with van der Waals surface area (Å²) in [6.07, 6.45) is 11.8. The molecule has 0 saturated carbocycles. The topological polar surface area (TPSA) is 66.8 Å². The molecule has 4 heteroatoms. The monoisotopic (exact) mass is 356 g/mol. The smallest absolute Gasteiger partial charge is 0.327 e. The number of allylic oxidation sites excluding steroid dienone is 3. The number of hydrogen-bond donors (Lipinski definition) is 2. The standard InChI is InChI=1S/C22H28O4/c1-17(18-9-6-4-7-10-18)21(23)14-13-20-16-26-15-19(20)11-5-2-3-8-12-22(24)25/h2,4-10,12-14,17,19-21,23H,3,11,15-16H2,1H3,(H,24,25)/b5-2?,12-8-,14-13+/t17?,19-,20+,21?/m1/s1. The van der Waals surface area contributed by atoms with E-state index in [0.29, 0.717) is 31.5 Å². The lowest BCUT2D eigenvalue weighted by atomic mass is 9.90. The lowest BCUT2D eigenvalue weighted by Crippen LogP contribution is -2.15. The van der Waals surface area contributed by atoms with E-state index >= 15 is 0 Å². The van der Waals surface area contributed by atoms with E-state index in [1.165, 1.54) is 0 Å². The van der Waals surface area contributed by atoms with E-state index in [9.17, 15) is 9.90 Å².